The highest BCUT2D eigenvalue weighted by Crippen LogP contribution is 2.25. The molecule has 0 saturated heterocycles. The van der Waals surface area contributed by atoms with E-state index in [1.807, 2.05) is 0 Å². The summed E-state index contributed by atoms with van der Waals surface area (Å²) >= 11 is 0. The molecule has 0 heterocycles. The van der Waals surface area contributed by atoms with E-state index >= 15 is 0 Å². The summed E-state index contributed by atoms with van der Waals surface area (Å²) < 4.78 is 15.3. The first-order valence-corrected chi connectivity index (χ1v) is 7.82. The summed E-state index contributed by atoms with van der Waals surface area (Å²) in [6.07, 6.45) is 5.47. The van der Waals surface area contributed by atoms with Gasteiger partial charge in [0.05, 0.1) is 14.2 Å². The van der Waals surface area contributed by atoms with Crippen molar-refractivity contribution in [2.45, 2.75) is 38.1 Å². The van der Waals surface area contributed by atoms with Gasteiger partial charge in [0.2, 0.25) is 0 Å². The van der Waals surface area contributed by atoms with Crippen LogP contribution in [-0.4, -0.2) is 38.7 Å². The monoisotopic (exact) mass is 321 g/mol. The molecule has 2 rings (SSSR count). The molecule has 6 heteroatoms. The van der Waals surface area contributed by atoms with Gasteiger partial charge in [-0.2, -0.15) is 0 Å². The van der Waals surface area contributed by atoms with Gasteiger partial charge in [0, 0.05) is 12.1 Å². The molecule has 0 atom stereocenters. The number of carbonyl (C=O) groups excluding carboxylic acids is 2. The second-order valence-corrected chi connectivity index (χ2v) is 5.54. The number of ether oxygens (including phenoxy) is 3. The Bertz CT molecular complexity index is 552. The molecule has 0 aromatic heterocycles. The zero-order valence-corrected chi connectivity index (χ0v) is 13.6. The van der Waals surface area contributed by atoms with Gasteiger partial charge in [0.1, 0.15) is 17.1 Å². The first-order chi connectivity index (χ1) is 11.1. The van der Waals surface area contributed by atoms with E-state index in [0.717, 1.165) is 25.7 Å². The van der Waals surface area contributed by atoms with Gasteiger partial charge < -0.3 is 19.5 Å². The lowest BCUT2D eigenvalue weighted by Gasteiger charge is -2.22. The van der Waals surface area contributed by atoms with Gasteiger partial charge >= 0.3 is 5.97 Å². The largest absolute Gasteiger partial charge is 0.497 e. The number of benzene rings is 1. The van der Waals surface area contributed by atoms with Crippen molar-refractivity contribution in [1.29, 1.82) is 0 Å². The van der Waals surface area contributed by atoms with Gasteiger partial charge in [-0.15, -0.1) is 0 Å². The molecule has 1 N–H and O–H groups in total. The van der Waals surface area contributed by atoms with E-state index in [1.54, 1.807) is 18.2 Å². The van der Waals surface area contributed by atoms with Crippen LogP contribution >= 0.6 is 0 Å². The van der Waals surface area contributed by atoms with Crippen molar-refractivity contribution in [3.8, 4) is 11.5 Å². The standard InChI is InChI=1S/C17H23NO5/c1-21-13-8-9-14(15(10-13)22-2)17(20)23-11-16(19)18-12-6-4-3-5-7-12/h8-10,12H,3-7,11H2,1-2H3,(H,18,19). The van der Waals surface area contributed by atoms with Crippen molar-refractivity contribution in [3.63, 3.8) is 0 Å². The first-order valence-electron chi connectivity index (χ1n) is 7.82. The third kappa shape index (κ3) is 4.87. The van der Waals surface area contributed by atoms with Crippen molar-refractivity contribution in [1.82, 2.24) is 5.32 Å². The highest BCUT2D eigenvalue weighted by Gasteiger charge is 2.19. The van der Waals surface area contributed by atoms with Crippen LogP contribution in [0.1, 0.15) is 42.5 Å². The average molecular weight is 321 g/mol. The number of nitrogens with one attached hydrogen (secondary N) is 1. The summed E-state index contributed by atoms with van der Waals surface area (Å²) in [6.45, 7) is -0.287. The quantitative estimate of drug-likeness (QED) is 0.814. The third-order valence-electron chi connectivity index (χ3n) is 3.93. The van der Waals surface area contributed by atoms with Crippen LogP contribution in [0.5, 0.6) is 11.5 Å². The van der Waals surface area contributed by atoms with Gasteiger partial charge in [-0.05, 0) is 25.0 Å². The minimum Gasteiger partial charge on any atom is -0.497 e. The van der Waals surface area contributed by atoms with Crippen molar-refractivity contribution < 1.29 is 23.8 Å². The molecule has 1 amide bonds. The van der Waals surface area contributed by atoms with Gasteiger partial charge in [-0.25, -0.2) is 4.79 Å². The average Bonchev–Trinajstić information content (AvgIpc) is 2.60. The Labute approximate surface area is 136 Å². The zero-order valence-electron chi connectivity index (χ0n) is 13.6. The molecule has 0 spiro atoms. The Hall–Kier alpha value is -2.24. The molecule has 1 aromatic carbocycles. The Balaban J connectivity index is 1.87. The maximum atomic E-state index is 12.1. The Kier molecular flexibility index (Phi) is 6.26. The molecule has 0 aliphatic heterocycles. The second-order valence-electron chi connectivity index (χ2n) is 5.54. The van der Waals surface area contributed by atoms with Crippen LogP contribution in [0.2, 0.25) is 0 Å². The minimum absolute atomic E-state index is 0.200. The number of hydrogen-bond donors (Lipinski definition) is 1. The van der Waals surface area contributed by atoms with E-state index in [1.165, 1.54) is 20.6 Å². The van der Waals surface area contributed by atoms with Gasteiger partial charge in [0.15, 0.2) is 6.61 Å². The number of amides is 1. The molecule has 1 aromatic rings. The van der Waals surface area contributed by atoms with Crippen molar-refractivity contribution in [3.05, 3.63) is 23.8 Å². The fraction of sp³-hybridized carbons (Fsp3) is 0.529. The highest BCUT2D eigenvalue weighted by atomic mass is 16.5. The van der Waals surface area contributed by atoms with Crippen LogP contribution in [0.4, 0.5) is 0 Å². The smallest absolute Gasteiger partial charge is 0.342 e. The predicted octanol–water partition coefficient (Wildman–Crippen LogP) is 2.31. The van der Waals surface area contributed by atoms with Gasteiger partial charge in [0.25, 0.3) is 5.91 Å². The first kappa shape index (κ1) is 17.1. The van der Waals surface area contributed by atoms with Gasteiger partial charge in [-0.1, -0.05) is 19.3 Å². The summed E-state index contributed by atoms with van der Waals surface area (Å²) in [5, 5.41) is 2.91. The van der Waals surface area contributed by atoms with Crippen LogP contribution in [0, 0.1) is 0 Å². The van der Waals surface area contributed by atoms with E-state index in [9.17, 15) is 9.59 Å². The molecule has 1 aliphatic rings. The highest BCUT2D eigenvalue weighted by molar-refractivity contribution is 5.94. The molecule has 1 fully saturated rings. The molecule has 126 valence electrons. The number of carbonyl (C=O) groups is 2. The number of esters is 1. The maximum Gasteiger partial charge on any atom is 0.342 e. The fourth-order valence-corrected chi connectivity index (χ4v) is 2.69. The molecule has 0 radical (unpaired) electrons. The molecule has 23 heavy (non-hydrogen) atoms. The fourth-order valence-electron chi connectivity index (χ4n) is 2.69. The Morgan fingerprint density at radius 2 is 1.87 bits per heavy atom. The summed E-state index contributed by atoms with van der Waals surface area (Å²) in [7, 11) is 2.99. The van der Waals surface area contributed by atoms with E-state index in [-0.39, 0.29) is 24.1 Å². The van der Waals surface area contributed by atoms with Crippen LogP contribution in [0.25, 0.3) is 0 Å². The number of methoxy groups -OCH3 is 2. The molecule has 0 unspecified atom stereocenters. The molecule has 6 nitrogen and oxygen atoms in total. The predicted molar refractivity (Wildman–Crippen MR) is 84.8 cm³/mol. The Morgan fingerprint density at radius 3 is 2.52 bits per heavy atom. The van der Waals surface area contributed by atoms with Crippen LogP contribution in [-0.2, 0) is 9.53 Å². The third-order valence-corrected chi connectivity index (χ3v) is 3.93. The van der Waals surface area contributed by atoms with Crippen molar-refractivity contribution >= 4 is 11.9 Å². The summed E-state index contributed by atoms with van der Waals surface area (Å²) in [5.41, 5.74) is 0.263. The second kappa shape index (κ2) is 8.41. The van der Waals surface area contributed by atoms with E-state index in [4.69, 9.17) is 14.2 Å². The van der Waals surface area contributed by atoms with Crippen LogP contribution < -0.4 is 14.8 Å². The molecule has 1 saturated carbocycles. The van der Waals surface area contributed by atoms with Crippen molar-refractivity contribution in [2.24, 2.45) is 0 Å². The SMILES string of the molecule is COc1ccc(C(=O)OCC(=O)NC2CCCCC2)c(OC)c1. The lowest BCUT2D eigenvalue weighted by molar-refractivity contribution is -0.125. The van der Waals surface area contributed by atoms with E-state index < -0.39 is 5.97 Å². The van der Waals surface area contributed by atoms with Crippen molar-refractivity contribution in [2.75, 3.05) is 20.8 Å². The minimum atomic E-state index is -0.594. The lowest BCUT2D eigenvalue weighted by atomic mass is 9.95. The van der Waals surface area contributed by atoms with E-state index in [2.05, 4.69) is 5.32 Å². The Morgan fingerprint density at radius 1 is 1.13 bits per heavy atom. The summed E-state index contributed by atoms with van der Waals surface area (Å²) in [6, 6.07) is 4.99. The summed E-state index contributed by atoms with van der Waals surface area (Å²) in [4.78, 5) is 24.0. The summed E-state index contributed by atoms with van der Waals surface area (Å²) in [5.74, 6) is 0.0662. The zero-order chi connectivity index (χ0) is 16.7. The van der Waals surface area contributed by atoms with Crippen LogP contribution in [0.3, 0.4) is 0 Å². The number of hydrogen-bond acceptors (Lipinski definition) is 5. The molecule has 1 aliphatic carbocycles. The molecular formula is C17H23NO5. The normalized spacial score (nSPS) is 14.9. The van der Waals surface area contributed by atoms with Gasteiger partial charge in [-0.3, -0.25) is 4.79 Å². The van der Waals surface area contributed by atoms with E-state index in [0.29, 0.717) is 11.5 Å². The number of rotatable bonds is 6. The topological polar surface area (TPSA) is 73.9 Å². The molecule has 0 bridgehead atoms. The molecular weight excluding hydrogens is 298 g/mol. The lowest BCUT2D eigenvalue weighted by Crippen LogP contribution is -2.38. The van der Waals surface area contributed by atoms with Crippen LogP contribution in [0.15, 0.2) is 18.2 Å². The maximum absolute atomic E-state index is 12.1.